The number of carbonyl (C=O) groups is 2. The standard InChI is InChI=1S/C14H26O4/c1-8-17-11(13(3,4)5)10(15)14(6,7)12(16)18-9-2/h11H,8-9H2,1-7H3. The van der Waals surface area contributed by atoms with E-state index >= 15 is 0 Å². The maximum Gasteiger partial charge on any atom is 0.319 e. The van der Waals surface area contributed by atoms with E-state index in [9.17, 15) is 9.59 Å². The molecule has 4 heteroatoms. The van der Waals surface area contributed by atoms with E-state index in [1.165, 1.54) is 0 Å². The van der Waals surface area contributed by atoms with Crippen molar-refractivity contribution in [3.05, 3.63) is 0 Å². The number of carbonyl (C=O) groups excluding carboxylic acids is 2. The Labute approximate surface area is 110 Å². The average molecular weight is 258 g/mol. The Morgan fingerprint density at radius 1 is 1.00 bits per heavy atom. The van der Waals surface area contributed by atoms with Crippen LogP contribution < -0.4 is 0 Å². The second-order valence-corrected chi connectivity index (χ2v) is 5.91. The number of hydrogen-bond acceptors (Lipinski definition) is 4. The lowest BCUT2D eigenvalue weighted by molar-refractivity contribution is -0.164. The molecule has 0 aromatic rings. The number of ketones is 1. The Hall–Kier alpha value is -0.900. The first-order valence-corrected chi connectivity index (χ1v) is 6.42. The summed E-state index contributed by atoms with van der Waals surface area (Å²) in [6.07, 6.45) is -0.609. The third-order valence-corrected chi connectivity index (χ3v) is 2.76. The monoisotopic (exact) mass is 258 g/mol. The summed E-state index contributed by atoms with van der Waals surface area (Å²) in [6, 6.07) is 0. The zero-order valence-electron chi connectivity index (χ0n) is 12.6. The van der Waals surface area contributed by atoms with Gasteiger partial charge in [-0.2, -0.15) is 0 Å². The van der Waals surface area contributed by atoms with E-state index in [2.05, 4.69) is 0 Å². The van der Waals surface area contributed by atoms with Crippen molar-refractivity contribution in [2.45, 2.75) is 54.6 Å². The molecule has 1 atom stereocenters. The van der Waals surface area contributed by atoms with Crippen LogP contribution in [-0.4, -0.2) is 31.1 Å². The molecule has 0 amide bonds. The Balaban J connectivity index is 5.13. The number of Topliss-reactive ketones (excluding diaryl/α,β-unsaturated/α-hetero) is 1. The van der Waals surface area contributed by atoms with E-state index in [0.717, 1.165) is 0 Å². The molecule has 0 aliphatic carbocycles. The summed E-state index contributed by atoms with van der Waals surface area (Å²) in [5.41, 5.74) is -1.53. The van der Waals surface area contributed by atoms with Crippen LogP contribution in [0.3, 0.4) is 0 Å². The highest BCUT2D eigenvalue weighted by Gasteiger charge is 2.45. The Bertz CT molecular complexity index is 299. The van der Waals surface area contributed by atoms with Crippen molar-refractivity contribution in [2.24, 2.45) is 10.8 Å². The van der Waals surface area contributed by atoms with Crippen molar-refractivity contribution in [3.63, 3.8) is 0 Å². The first-order valence-electron chi connectivity index (χ1n) is 6.42. The fourth-order valence-corrected chi connectivity index (χ4v) is 1.63. The molecule has 0 bridgehead atoms. The van der Waals surface area contributed by atoms with Crippen LogP contribution in [0, 0.1) is 10.8 Å². The quantitative estimate of drug-likeness (QED) is 0.543. The predicted molar refractivity (Wildman–Crippen MR) is 70.3 cm³/mol. The van der Waals surface area contributed by atoms with E-state index in [4.69, 9.17) is 9.47 Å². The van der Waals surface area contributed by atoms with Crippen molar-refractivity contribution in [2.75, 3.05) is 13.2 Å². The molecular formula is C14H26O4. The highest BCUT2D eigenvalue weighted by molar-refractivity contribution is 6.05. The fourth-order valence-electron chi connectivity index (χ4n) is 1.63. The maximum atomic E-state index is 12.5. The van der Waals surface area contributed by atoms with Gasteiger partial charge < -0.3 is 9.47 Å². The Morgan fingerprint density at radius 3 is 1.83 bits per heavy atom. The van der Waals surface area contributed by atoms with Crippen LogP contribution in [0.1, 0.15) is 48.5 Å². The smallest absolute Gasteiger partial charge is 0.319 e. The van der Waals surface area contributed by atoms with Crippen LogP contribution in [0.4, 0.5) is 0 Å². The first-order chi connectivity index (χ1) is 8.08. The van der Waals surface area contributed by atoms with E-state index in [0.29, 0.717) is 6.61 Å². The molecule has 0 heterocycles. The summed E-state index contributed by atoms with van der Waals surface area (Å²) in [7, 11) is 0. The van der Waals surface area contributed by atoms with E-state index in [1.807, 2.05) is 27.7 Å². The van der Waals surface area contributed by atoms with Crippen molar-refractivity contribution in [1.82, 2.24) is 0 Å². The lowest BCUT2D eigenvalue weighted by atomic mass is 9.76. The molecule has 0 aliphatic rings. The van der Waals surface area contributed by atoms with Crippen LogP contribution in [0.15, 0.2) is 0 Å². The number of ether oxygens (including phenoxy) is 2. The van der Waals surface area contributed by atoms with Crippen molar-refractivity contribution in [1.29, 1.82) is 0 Å². The van der Waals surface area contributed by atoms with Gasteiger partial charge in [0.1, 0.15) is 11.5 Å². The molecule has 0 aromatic carbocycles. The molecule has 0 radical (unpaired) electrons. The largest absolute Gasteiger partial charge is 0.465 e. The lowest BCUT2D eigenvalue weighted by Crippen LogP contribution is -2.48. The first kappa shape index (κ1) is 17.1. The van der Waals surface area contributed by atoms with E-state index in [1.54, 1.807) is 20.8 Å². The fraction of sp³-hybridized carbons (Fsp3) is 0.857. The topological polar surface area (TPSA) is 52.6 Å². The predicted octanol–water partition coefficient (Wildman–Crippen LogP) is 2.60. The van der Waals surface area contributed by atoms with Gasteiger partial charge in [0.2, 0.25) is 0 Å². The molecule has 0 rings (SSSR count). The maximum absolute atomic E-state index is 12.5. The normalized spacial score (nSPS) is 14.2. The number of esters is 1. The van der Waals surface area contributed by atoms with Crippen molar-refractivity contribution in [3.8, 4) is 0 Å². The van der Waals surface area contributed by atoms with Crippen LogP contribution in [0.25, 0.3) is 0 Å². The zero-order valence-corrected chi connectivity index (χ0v) is 12.6. The molecule has 18 heavy (non-hydrogen) atoms. The summed E-state index contributed by atoms with van der Waals surface area (Å²) in [5.74, 6) is -0.723. The molecule has 0 N–H and O–H groups in total. The van der Waals surface area contributed by atoms with Gasteiger partial charge in [0.05, 0.1) is 6.61 Å². The van der Waals surface area contributed by atoms with Gasteiger partial charge in [0, 0.05) is 6.61 Å². The lowest BCUT2D eigenvalue weighted by Gasteiger charge is -2.34. The molecule has 4 nitrogen and oxygen atoms in total. The van der Waals surface area contributed by atoms with Crippen LogP contribution in [0.2, 0.25) is 0 Å². The van der Waals surface area contributed by atoms with Gasteiger partial charge in [-0.05, 0) is 33.1 Å². The van der Waals surface area contributed by atoms with Gasteiger partial charge in [-0.25, -0.2) is 0 Å². The molecule has 106 valence electrons. The van der Waals surface area contributed by atoms with Crippen LogP contribution in [-0.2, 0) is 19.1 Å². The molecule has 0 aliphatic heterocycles. The molecule has 0 aromatic heterocycles. The highest BCUT2D eigenvalue weighted by atomic mass is 16.5. The van der Waals surface area contributed by atoms with Gasteiger partial charge in [0.25, 0.3) is 0 Å². The summed E-state index contributed by atoms with van der Waals surface area (Å²) in [6.45, 7) is 13.2. The molecule has 0 saturated heterocycles. The molecule has 0 saturated carbocycles. The SMILES string of the molecule is CCOC(=O)C(C)(C)C(=O)C(OCC)C(C)(C)C. The highest BCUT2D eigenvalue weighted by Crippen LogP contribution is 2.31. The summed E-state index contributed by atoms with van der Waals surface area (Å²) < 4.78 is 10.5. The second kappa shape index (κ2) is 6.32. The van der Waals surface area contributed by atoms with Gasteiger partial charge in [0.15, 0.2) is 5.78 Å². The molecule has 0 spiro atoms. The minimum Gasteiger partial charge on any atom is -0.465 e. The minimum absolute atomic E-state index is 0.227. The van der Waals surface area contributed by atoms with E-state index < -0.39 is 17.5 Å². The van der Waals surface area contributed by atoms with Crippen LogP contribution >= 0.6 is 0 Å². The van der Waals surface area contributed by atoms with Gasteiger partial charge in [-0.1, -0.05) is 20.8 Å². The Morgan fingerprint density at radius 2 is 1.50 bits per heavy atom. The Kier molecular flexibility index (Phi) is 6.00. The van der Waals surface area contributed by atoms with Crippen molar-refractivity contribution < 1.29 is 19.1 Å². The molecular weight excluding hydrogens is 232 g/mol. The third kappa shape index (κ3) is 4.09. The van der Waals surface area contributed by atoms with Gasteiger partial charge >= 0.3 is 5.97 Å². The summed E-state index contributed by atoms with van der Waals surface area (Å²) >= 11 is 0. The average Bonchev–Trinajstić information content (AvgIpc) is 2.23. The van der Waals surface area contributed by atoms with Crippen LogP contribution in [0.5, 0.6) is 0 Å². The summed E-state index contributed by atoms with van der Waals surface area (Å²) in [5, 5.41) is 0. The zero-order chi connectivity index (χ0) is 14.6. The molecule has 1 unspecified atom stereocenters. The second-order valence-electron chi connectivity index (χ2n) is 5.91. The number of hydrogen-bond donors (Lipinski definition) is 0. The minimum atomic E-state index is -1.18. The third-order valence-electron chi connectivity index (χ3n) is 2.76. The summed E-state index contributed by atoms with van der Waals surface area (Å²) in [4.78, 5) is 24.3. The van der Waals surface area contributed by atoms with Gasteiger partial charge in [-0.15, -0.1) is 0 Å². The van der Waals surface area contributed by atoms with Crippen molar-refractivity contribution >= 4 is 11.8 Å². The van der Waals surface area contributed by atoms with Gasteiger partial charge in [-0.3, -0.25) is 9.59 Å². The van der Waals surface area contributed by atoms with E-state index in [-0.39, 0.29) is 17.8 Å². The number of rotatable bonds is 6. The molecule has 0 fully saturated rings.